The van der Waals surface area contributed by atoms with E-state index in [4.69, 9.17) is 5.73 Å². The van der Waals surface area contributed by atoms with Crippen LogP contribution in [0.15, 0.2) is 24.3 Å². The predicted octanol–water partition coefficient (Wildman–Crippen LogP) is 1.28. The van der Waals surface area contributed by atoms with Crippen molar-refractivity contribution < 1.29 is 9.18 Å². The van der Waals surface area contributed by atoms with Crippen molar-refractivity contribution >= 4 is 11.6 Å². The quantitative estimate of drug-likeness (QED) is 0.795. The second kappa shape index (κ2) is 3.98. The van der Waals surface area contributed by atoms with Gasteiger partial charge in [0.05, 0.1) is 0 Å². The number of rotatable bonds is 2. The average molecular weight is 208 g/mol. The van der Waals surface area contributed by atoms with E-state index in [-0.39, 0.29) is 17.8 Å². The number of nitrogens with zero attached hydrogens (tertiary/aromatic N) is 1. The second-order valence-corrected chi connectivity index (χ2v) is 3.67. The fraction of sp³-hybridized carbons (Fsp3) is 0.364. The molecular weight excluding hydrogens is 195 g/mol. The number of hydrogen-bond donors (Lipinski definition) is 1. The van der Waals surface area contributed by atoms with Gasteiger partial charge in [-0.25, -0.2) is 4.39 Å². The van der Waals surface area contributed by atoms with Crippen molar-refractivity contribution in [1.82, 2.24) is 0 Å². The van der Waals surface area contributed by atoms with E-state index < -0.39 is 0 Å². The molecule has 80 valence electrons. The summed E-state index contributed by atoms with van der Waals surface area (Å²) in [6.07, 6.45) is 1.25. The highest BCUT2D eigenvalue weighted by atomic mass is 19.1. The Kier molecular flexibility index (Phi) is 2.68. The molecule has 1 fully saturated rings. The van der Waals surface area contributed by atoms with E-state index in [1.165, 1.54) is 12.1 Å². The van der Waals surface area contributed by atoms with Gasteiger partial charge in [-0.05, 0) is 24.6 Å². The molecule has 1 heterocycles. The molecule has 1 aliphatic heterocycles. The van der Waals surface area contributed by atoms with Crippen LogP contribution in [0.25, 0.3) is 0 Å². The molecule has 1 aromatic rings. The first-order valence-corrected chi connectivity index (χ1v) is 5.00. The third-order valence-corrected chi connectivity index (χ3v) is 2.68. The van der Waals surface area contributed by atoms with Crippen LogP contribution in [0.2, 0.25) is 0 Å². The molecule has 0 radical (unpaired) electrons. The zero-order valence-corrected chi connectivity index (χ0v) is 8.32. The number of carbonyl (C=O) groups excluding carboxylic acids is 1. The Bertz CT molecular complexity index is 381. The van der Waals surface area contributed by atoms with Gasteiger partial charge in [0.25, 0.3) is 0 Å². The number of carbonyl (C=O) groups is 1. The zero-order valence-electron chi connectivity index (χ0n) is 8.32. The minimum absolute atomic E-state index is 0.0132. The van der Waals surface area contributed by atoms with E-state index in [1.54, 1.807) is 17.0 Å². The topological polar surface area (TPSA) is 46.3 Å². The standard InChI is InChI=1S/C11H13FN2O/c12-8-2-1-3-9(6-8)14-10(7-13)4-5-11(14)15/h1-3,6,10H,4-5,7,13H2. The largest absolute Gasteiger partial charge is 0.328 e. The van der Waals surface area contributed by atoms with Crippen LogP contribution in [0.3, 0.4) is 0 Å². The molecule has 1 amide bonds. The lowest BCUT2D eigenvalue weighted by Crippen LogP contribution is -2.38. The highest BCUT2D eigenvalue weighted by Gasteiger charge is 2.30. The van der Waals surface area contributed by atoms with Crippen LogP contribution < -0.4 is 10.6 Å². The molecule has 1 aliphatic rings. The minimum atomic E-state index is -0.331. The number of amides is 1. The summed E-state index contributed by atoms with van der Waals surface area (Å²) in [4.78, 5) is 13.2. The van der Waals surface area contributed by atoms with Gasteiger partial charge < -0.3 is 10.6 Å². The zero-order chi connectivity index (χ0) is 10.8. The Hall–Kier alpha value is -1.42. The molecule has 3 nitrogen and oxygen atoms in total. The van der Waals surface area contributed by atoms with Gasteiger partial charge in [-0.15, -0.1) is 0 Å². The van der Waals surface area contributed by atoms with Crippen LogP contribution in [0.4, 0.5) is 10.1 Å². The number of anilines is 1. The van der Waals surface area contributed by atoms with Gasteiger partial charge in [0.15, 0.2) is 0 Å². The third kappa shape index (κ3) is 1.85. The maximum atomic E-state index is 13.0. The first-order valence-electron chi connectivity index (χ1n) is 5.00. The lowest BCUT2D eigenvalue weighted by molar-refractivity contribution is -0.117. The normalized spacial score (nSPS) is 21.1. The van der Waals surface area contributed by atoms with E-state index in [9.17, 15) is 9.18 Å². The molecule has 1 saturated heterocycles. The average Bonchev–Trinajstić information content (AvgIpc) is 2.59. The van der Waals surface area contributed by atoms with Crippen LogP contribution in [0.5, 0.6) is 0 Å². The lowest BCUT2D eigenvalue weighted by Gasteiger charge is -2.23. The molecule has 1 unspecified atom stereocenters. The van der Waals surface area contributed by atoms with Gasteiger partial charge >= 0.3 is 0 Å². The monoisotopic (exact) mass is 208 g/mol. The first-order chi connectivity index (χ1) is 7.22. The van der Waals surface area contributed by atoms with Crippen molar-refractivity contribution in [2.24, 2.45) is 5.73 Å². The van der Waals surface area contributed by atoms with Gasteiger partial charge in [0.1, 0.15) is 5.82 Å². The molecule has 4 heteroatoms. The molecule has 0 bridgehead atoms. The van der Waals surface area contributed by atoms with Gasteiger partial charge in [0.2, 0.25) is 5.91 Å². The van der Waals surface area contributed by atoms with Crippen LogP contribution in [-0.4, -0.2) is 18.5 Å². The van der Waals surface area contributed by atoms with Crippen molar-refractivity contribution in [3.8, 4) is 0 Å². The molecule has 2 N–H and O–H groups in total. The molecule has 1 aromatic carbocycles. The Labute approximate surface area is 87.7 Å². The molecular formula is C11H13FN2O. The summed E-state index contributed by atoms with van der Waals surface area (Å²) < 4.78 is 13.0. The number of hydrogen-bond acceptors (Lipinski definition) is 2. The lowest BCUT2D eigenvalue weighted by atomic mass is 10.2. The summed E-state index contributed by atoms with van der Waals surface area (Å²) in [7, 11) is 0. The van der Waals surface area contributed by atoms with Crippen molar-refractivity contribution in [2.75, 3.05) is 11.4 Å². The number of halogens is 1. The molecule has 0 aliphatic carbocycles. The summed E-state index contributed by atoms with van der Waals surface area (Å²) in [6.45, 7) is 0.419. The van der Waals surface area contributed by atoms with Crippen molar-refractivity contribution in [3.05, 3.63) is 30.1 Å². The SMILES string of the molecule is NCC1CCC(=O)N1c1cccc(F)c1. The van der Waals surface area contributed by atoms with Crippen LogP contribution in [0.1, 0.15) is 12.8 Å². The summed E-state index contributed by atoms with van der Waals surface area (Å²) >= 11 is 0. The maximum absolute atomic E-state index is 13.0. The van der Waals surface area contributed by atoms with Crippen molar-refractivity contribution in [2.45, 2.75) is 18.9 Å². The van der Waals surface area contributed by atoms with Gasteiger partial charge in [-0.3, -0.25) is 4.79 Å². The van der Waals surface area contributed by atoms with Crippen LogP contribution >= 0.6 is 0 Å². The van der Waals surface area contributed by atoms with Gasteiger partial charge in [0, 0.05) is 24.7 Å². The Morgan fingerprint density at radius 2 is 2.33 bits per heavy atom. The van der Waals surface area contributed by atoms with E-state index in [2.05, 4.69) is 0 Å². The number of nitrogens with two attached hydrogens (primary N) is 1. The molecule has 2 rings (SSSR count). The van der Waals surface area contributed by atoms with Crippen molar-refractivity contribution in [1.29, 1.82) is 0 Å². The fourth-order valence-electron chi connectivity index (χ4n) is 1.95. The molecule has 15 heavy (non-hydrogen) atoms. The van der Waals surface area contributed by atoms with E-state index in [0.717, 1.165) is 6.42 Å². The molecule has 0 spiro atoms. The van der Waals surface area contributed by atoms with E-state index >= 15 is 0 Å². The second-order valence-electron chi connectivity index (χ2n) is 3.67. The first kappa shape index (κ1) is 10.1. The van der Waals surface area contributed by atoms with Gasteiger partial charge in [-0.1, -0.05) is 6.07 Å². The highest BCUT2D eigenvalue weighted by Crippen LogP contribution is 2.26. The van der Waals surface area contributed by atoms with E-state index in [1.807, 2.05) is 0 Å². The fourth-order valence-corrected chi connectivity index (χ4v) is 1.95. The Morgan fingerprint density at radius 1 is 1.53 bits per heavy atom. The highest BCUT2D eigenvalue weighted by molar-refractivity contribution is 5.96. The number of benzene rings is 1. The van der Waals surface area contributed by atoms with Crippen molar-refractivity contribution in [3.63, 3.8) is 0 Å². The Morgan fingerprint density at radius 3 is 3.00 bits per heavy atom. The Balaban J connectivity index is 2.32. The third-order valence-electron chi connectivity index (χ3n) is 2.68. The van der Waals surface area contributed by atoms with E-state index in [0.29, 0.717) is 18.7 Å². The van der Waals surface area contributed by atoms with Gasteiger partial charge in [-0.2, -0.15) is 0 Å². The molecule has 1 atom stereocenters. The maximum Gasteiger partial charge on any atom is 0.227 e. The van der Waals surface area contributed by atoms with Crippen LogP contribution in [0, 0.1) is 5.82 Å². The summed E-state index contributed by atoms with van der Waals surface area (Å²) in [5.41, 5.74) is 6.18. The predicted molar refractivity (Wildman–Crippen MR) is 56.0 cm³/mol. The molecule has 0 saturated carbocycles. The minimum Gasteiger partial charge on any atom is -0.328 e. The smallest absolute Gasteiger partial charge is 0.227 e. The van der Waals surface area contributed by atoms with Crippen LogP contribution in [-0.2, 0) is 4.79 Å². The molecule has 0 aromatic heterocycles. The summed E-state index contributed by atoms with van der Waals surface area (Å²) in [6, 6.07) is 6.07. The summed E-state index contributed by atoms with van der Waals surface area (Å²) in [5.74, 6) is -0.306. The summed E-state index contributed by atoms with van der Waals surface area (Å²) in [5, 5.41) is 0.